The molecular weight excluding hydrogens is 584 g/mol. The van der Waals surface area contributed by atoms with Gasteiger partial charge in [-0.3, -0.25) is 14.5 Å². The molecule has 2 atom stereocenters. The summed E-state index contributed by atoms with van der Waals surface area (Å²) in [5.74, 6) is -1.34. The van der Waals surface area contributed by atoms with Gasteiger partial charge in [-0.15, -0.1) is 0 Å². The number of ether oxygens (including phenoxy) is 4. The highest BCUT2D eigenvalue weighted by molar-refractivity contribution is 5.97. The lowest BCUT2D eigenvalue weighted by Gasteiger charge is -2.45. The van der Waals surface area contributed by atoms with E-state index in [0.29, 0.717) is 45.6 Å². The summed E-state index contributed by atoms with van der Waals surface area (Å²) in [4.78, 5) is 35.1. The molecule has 1 aromatic heterocycles. The number of nitrogens with zero attached hydrogens (tertiary/aromatic N) is 3. The van der Waals surface area contributed by atoms with Crippen LogP contribution in [0.3, 0.4) is 0 Å². The van der Waals surface area contributed by atoms with Crippen LogP contribution in [0, 0.1) is 11.6 Å². The molecule has 0 bridgehead atoms. The predicted octanol–water partition coefficient (Wildman–Crippen LogP) is 5.77. The number of rotatable bonds is 14. The van der Waals surface area contributed by atoms with Crippen LogP contribution in [0.4, 0.5) is 8.78 Å². The quantitative estimate of drug-likeness (QED) is 0.164. The first-order valence-corrected chi connectivity index (χ1v) is 15.4. The first-order chi connectivity index (χ1) is 21.6. The Kier molecular flexibility index (Phi) is 12.1. The van der Waals surface area contributed by atoms with Crippen LogP contribution in [0.15, 0.2) is 42.5 Å². The molecule has 0 saturated carbocycles. The Hall–Kier alpha value is -3.83. The van der Waals surface area contributed by atoms with Gasteiger partial charge < -0.3 is 23.8 Å². The molecule has 0 spiro atoms. The third-order valence-corrected chi connectivity index (χ3v) is 7.99. The number of carbonyl (C=O) groups is 2. The van der Waals surface area contributed by atoms with Gasteiger partial charge in [0.25, 0.3) is 5.91 Å². The third-order valence-electron chi connectivity index (χ3n) is 7.99. The largest absolute Gasteiger partial charge is 0.497 e. The summed E-state index contributed by atoms with van der Waals surface area (Å²) in [7, 11) is 3.19. The van der Waals surface area contributed by atoms with Gasteiger partial charge in [-0.25, -0.2) is 13.8 Å². The zero-order valence-electron chi connectivity index (χ0n) is 26.7. The highest BCUT2D eigenvalue weighted by atomic mass is 19.1. The minimum absolute atomic E-state index is 0.0128. The van der Waals surface area contributed by atoms with E-state index in [-0.39, 0.29) is 65.4 Å². The van der Waals surface area contributed by atoms with Crippen molar-refractivity contribution in [2.45, 2.75) is 71.1 Å². The van der Waals surface area contributed by atoms with Crippen LogP contribution in [-0.2, 0) is 20.8 Å². The van der Waals surface area contributed by atoms with Crippen LogP contribution in [0.25, 0.3) is 10.9 Å². The van der Waals surface area contributed by atoms with E-state index in [1.54, 1.807) is 26.0 Å². The molecular formula is C34H43F2N3O6. The Morgan fingerprint density at radius 1 is 1.07 bits per heavy atom. The number of hydrogen-bond donors (Lipinski definition) is 0. The molecule has 1 saturated heterocycles. The van der Waals surface area contributed by atoms with E-state index < -0.39 is 11.6 Å². The molecule has 1 aliphatic rings. The van der Waals surface area contributed by atoms with Crippen LogP contribution in [0.1, 0.15) is 62.5 Å². The number of methoxy groups -OCH3 is 2. The molecule has 45 heavy (non-hydrogen) atoms. The minimum Gasteiger partial charge on any atom is -0.497 e. The van der Waals surface area contributed by atoms with Crippen molar-refractivity contribution in [2.75, 3.05) is 40.6 Å². The summed E-state index contributed by atoms with van der Waals surface area (Å²) in [6.07, 6.45) is 2.13. The van der Waals surface area contributed by atoms with Crippen molar-refractivity contribution in [3.8, 4) is 11.5 Å². The van der Waals surface area contributed by atoms with E-state index in [1.807, 2.05) is 38.1 Å². The second kappa shape index (κ2) is 15.9. The maximum Gasteiger partial charge on any atom is 0.307 e. The number of esters is 1. The molecule has 1 amide bonds. The standard InChI is InChI=1S/C34H43F2N3O6/c1-6-44-32(40)18-25-10-11-26(21-38(25)20-23-8-12-27(43-5)13-9-23)39(22(2)3)34(41)30-19-31(45-15-7-14-42-4)28-16-24(35)17-29(36)33(28)37-30/h8-9,12-13,16-17,19,22,25-26H,6-7,10-11,14-15,18,20-21H2,1-5H3/t25-,26+/m0/s1. The Morgan fingerprint density at radius 2 is 1.82 bits per heavy atom. The van der Waals surface area contributed by atoms with Gasteiger partial charge in [-0.2, -0.15) is 0 Å². The zero-order chi connectivity index (χ0) is 32.5. The average molecular weight is 628 g/mol. The van der Waals surface area contributed by atoms with Gasteiger partial charge in [-0.05, 0) is 57.4 Å². The number of halogens is 2. The van der Waals surface area contributed by atoms with E-state index in [4.69, 9.17) is 18.9 Å². The number of piperidine rings is 1. The van der Waals surface area contributed by atoms with Gasteiger partial charge >= 0.3 is 5.97 Å². The molecule has 0 N–H and O–H groups in total. The number of likely N-dealkylation sites (tertiary alicyclic amines) is 1. The number of pyridine rings is 1. The van der Waals surface area contributed by atoms with E-state index in [0.717, 1.165) is 23.4 Å². The second-order valence-corrected chi connectivity index (χ2v) is 11.5. The molecule has 0 unspecified atom stereocenters. The zero-order valence-corrected chi connectivity index (χ0v) is 26.7. The molecule has 1 aliphatic heterocycles. The maximum absolute atomic E-state index is 15.0. The summed E-state index contributed by atoms with van der Waals surface area (Å²) in [5, 5.41) is 0.155. The number of fused-ring (bicyclic) bond motifs is 1. The Bertz CT molecular complexity index is 1450. The smallest absolute Gasteiger partial charge is 0.307 e. The first kappa shape index (κ1) is 34.1. The maximum atomic E-state index is 15.0. The van der Waals surface area contributed by atoms with Crippen molar-refractivity contribution >= 4 is 22.8 Å². The summed E-state index contributed by atoms with van der Waals surface area (Å²) < 4.78 is 50.7. The van der Waals surface area contributed by atoms with Crippen molar-refractivity contribution in [3.05, 3.63) is 65.4 Å². The van der Waals surface area contributed by atoms with Gasteiger partial charge in [-0.1, -0.05) is 12.1 Å². The molecule has 3 aromatic rings. The Balaban J connectivity index is 1.64. The van der Waals surface area contributed by atoms with Crippen LogP contribution >= 0.6 is 0 Å². The van der Waals surface area contributed by atoms with Gasteiger partial charge in [0.15, 0.2) is 5.82 Å². The highest BCUT2D eigenvalue weighted by Crippen LogP contribution is 2.32. The first-order valence-electron chi connectivity index (χ1n) is 15.4. The normalized spacial score (nSPS) is 17.0. The van der Waals surface area contributed by atoms with Crippen LogP contribution in [-0.4, -0.2) is 85.4 Å². The monoisotopic (exact) mass is 627 g/mol. The van der Waals surface area contributed by atoms with Gasteiger partial charge in [0, 0.05) is 68.9 Å². The number of hydrogen-bond acceptors (Lipinski definition) is 8. The highest BCUT2D eigenvalue weighted by Gasteiger charge is 2.37. The minimum atomic E-state index is -0.873. The number of aromatic nitrogens is 1. The molecule has 9 nitrogen and oxygen atoms in total. The van der Waals surface area contributed by atoms with Gasteiger partial charge in [0.2, 0.25) is 0 Å². The molecule has 2 heterocycles. The molecule has 11 heteroatoms. The molecule has 4 rings (SSSR count). The third kappa shape index (κ3) is 8.67. The lowest BCUT2D eigenvalue weighted by molar-refractivity contribution is -0.145. The lowest BCUT2D eigenvalue weighted by Crippen LogP contribution is -2.55. The lowest BCUT2D eigenvalue weighted by atomic mass is 9.93. The number of amides is 1. The Labute approximate surface area is 263 Å². The number of carbonyl (C=O) groups excluding carboxylic acids is 2. The summed E-state index contributed by atoms with van der Waals surface area (Å²) in [5.41, 5.74) is 0.924. The van der Waals surface area contributed by atoms with Gasteiger partial charge in [0.1, 0.15) is 28.5 Å². The molecule has 244 valence electrons. The molecule has 2 aromatic carbocycles. The fourth-order valence-corrected chi connectivity index (χ4v) is 5.90. The van der Waals surface area contributed by atoms with E-state index in [9.17, 15) is 18.4 Å². The van der Waals surface area contributed by atoms with E-state index in [1.165, 1.54) is 6.07 Å². The summed E-state index contributed by atoms with van der Waals surface area (Å²) in [6, 6.07) is 10.6. The number of benzene rings is 2. The molecule has 0 aliphatic carbocycles. The van der Waals surface area contributed by atoms with Crippen LogP contribution in [0.5, 0.6) is 11.5 Å². The van der Waals surface area contributed by atoms with E-state index in [2.05, 4.69) is 9.88 Å². The van der Waals surface area contributed by atoms with Crippen molar-refractivity contribution in [1.82, 2.24) is 14.8 Å². The van der Waals surface area contributed by atoms with E-state index >= 15 is 0 Å². The van der Waals surface area contributed by atoms with Gasteiger partial charge in [0.05, 0.1) is 26.7 Å². The van der Waals surface area contributed by atoms with Crippen LogP contribution in [0.2, 0.25) is 0 Å². The summed E-state index contributed by atoms with van der Waals surface area (Å²) in [6.45, 7) is 7.71. The topological polar surface area (TPSA) is 90.4 Å². The fourth-order valence-electron chi connectivity index (χ4n) is 5.90. The SMILES string of the molecule is CCOC(=O)C[C@@H]1CC[C@@H](N(C(=O)c2cc(OCCCOC)c3cc(F)cc(F)c3n2)C(C)C)CN1Cc1ccc(OC)cc1. The van der Waals surface area contributed by atoms with Crippen molar-refractivity contribution in [1.29, 1.82) is 0 Å². The average Bonchev–Trinajstić information content (AvgIpc) is 3.01. The van der Waals surface area contributed by atoms with Crippen LogP contribution < -0.4 is 9.47 Å². The fraction of sp³-hybridized carbons (Fsp3) is 0.500. The van der Waals surface area contributed by atoms with Crippen molar-refractivity contribution in [3.63, 3.8) is 0 Å². The van der Waals surface area contributed by atoms with Crippen molar-refractivity contribution in [2.24, 2.45) is 0 Å². The summed E-state index contributed by atoms with van der Waals surface area (Å²) >= 11 is 0. The predicted molar refractivity (Wildman–Crippen MR) is 166 cm³/mol. The second-order valence-electron chi connectivity index (χ2n) is 11.5. The molecule has 1 fully saturated rings. The molecule has 0 radical (unpaired) electrons. The van der Waals surface area contributed by atoms with Crippen molar-refractivity contribution < 1.29 is 37.3 Å². The Morgan fingerprint density at radius 3 is 2.49 bits per heavy atom.